The molecule has 0 saturated carbocycles. The van der Waals surface area contributed by atoms with Crippen molar-refractivity contribution in [2.45, 2.75) is 26.2 Å². The number of aryl methyl sites for hydroxylation is 1. The molecule has 0 radical (unpaired) electrons. The van der Waals surface area contributed by atoms with E-state index in [0.717, 1.165) is 41.1 Å². The van der Waals surface area contributed by atoms with Crippen molar-refractivity contribution >= 4 is 39.9 Å². The Morgan fingerprint density at radius 3 is 2.62 bits per heavy atom. The molecule has 0 bridgehead atoms. The van der Waals surface area contributed by atoms with Crippen LogP contribution in [0.3, 0.4) is 0 Å². The van der Waals surface area contributed by atoms with Crippen LogP contribution < -0.4 is 15.0 Å². The Balaban J connectivity index is 1.44. The summed E-state index contributed by atoms with van der Waals surface area (Å²) in [7, 11) is 0. The fourth-order valence-electron chi connectivity index (χ4n) is 3.62. The van der Waals surface area contributed by atoms with Gasteiger partial charge >= 0.3 is 0 Å². The molecule has 3 aromatic rings. The smallest absolute Gasteiger partial charge is 0.262 e. The number of aromatic nitrogens is 1. The molecular formula is C23H24ClN3O2. The molecule has 1 aromatic heterocycles. The Kier molecular flexibility index (Phi) is 5.86. The summed E-state index contributed by atoms with van der Waals surface area (Å²) in [5.74, 6) is 1.44. The highest BCUT2D eigenvalue weighted by atomic mass is 35.5. The minimum absolute atomic E-state index is 0.0647. The third kappa shape index (κ3) is 4.80. The van der Waals surface area contributed by atoms with E-state index in [-0.39, 0.29) is 12.5 Å². The maximum atomic E-state index is 12.2. The summed E-state index contributed by atoms with van der Waals surface area (Å²) in [4.78, 5) is 19.5. The highest BCUT2D eigenvalue weighted by molar-refractivity contribution is 6.30. The normalized spacial score (nSPS) is 14.1. The first kappa shape index (κ1) is 19.5. The van der Waals surface area contributed by atoms with Gasteiger partial charge in [-0.1, -0.05) is 11.6 Å². The largest absolute Gasteiger partial charge is 0.484 e. The molecule has 6 heteroatoms. The first-order valence-corrected chi connectivity index (χ1v) is 10.3. The maximum Gasteiger partial charge on any atom is 0.262 e. The Morgan fingerprint density at radius 1 is 1.10 bits per heavy atom. The quantitative estimate of drug-likeness (QED) is 0.628. The molecule has 0 spiro atoms. The lowest BCUT2D eigenvalue weighted by atomic mass is 10.1. The van der Waals surface area contributed by atoms with Gasteiger partial charge in [-0.05, 0) is 80.3 Å². The number of nitrogens with one attached hydrogen (secondary N) is 1. The fourth-order valence-corrected chi connectivity index (χ4v) is 3.74. The molecule has 1 fully saturated rings. The molecule has 1 saturated heterocycles. The van der Waals surface area contributed by atoms with E-state index in [2.05, 4.69) is 23.2 Å². The summed E-state index contributed by atoms with van der Waals surface area (Å²) >= 11 is 5.85. The Labute approximate surface area is 175 Å². The number of anilines is 2. The number of ether oxygens (including phenoxy) is 1. The first-order chi connectivity index (χ1) is 14.1. The highest BCUT2D eigenvalue weighted by Gasteiger charge is 2.14. The topological polar surface area (TPSA) is 54.5 Å². The predicted molar refractivity (Wildman–Crippen MR) is 118 cm³/mol. The summed E-state index contributed by atoms with van der Waals surface area (Å²) in [5.41, 5.74) is 2.84. The first-order valence-electron chi connectivity index (χ1n) is 9.93. The van der Waals surface area contributed by atoms with Crippen LogP contribution in [0, 0.1) is 6.92 Å². The average molecular weight is 410 g/mol. The molecule has 150 valence electrons. The minimum Gasteiger partial charge on any atom is -0.484 e. The second-order valence-electron chi connectivity index (χ2n) is 7.37. The number of carbonyl (C=O) groups excluding carboxylic acids is 1. The highest BCUT2D eigenvalue weighted by Crippen LogP contribution is 2.27. The van der Waals surface area contributed by atoms with Crippen molar-refractivity contribution in [2.75, 3.05) is 29.9 Å². The van der Waals surface area contributed by atoms with Crippen molar-refractivity contribution in [3.8, 4) is 5.75 Å². The van der Waals surface area contributed by atoms with Gasteiger partial charge in [0.1, 0.15) is 11.6 Å². The molecule has 0 atom stereocenters. The lowest BCUT2D eigenvalue weighted by Crippen LogP contribution is -2.30. The van der Waals surface area contributed by atoms with E-state index in [0.29, 0.717) is 10.8 Å². The summed E-state index contributed by atoms with van der Waals surface area (Å²) < 4.78 is 5.50. The second-order valence-corrected chi connectivity index (χ2v) is 7.80. The molecule has 2 aromatic carbocycles. The molecule has 4 rings (SSSR count). The van der Waals surface area contributed by atoms with Gasteiger partial charge < -0.3 is 15.0 Å². The average Bonchev–Trinajstić information content (AvgIpc) is 2.74. The number of piperidine rings is 1. The molecule has 2 heterocycles. The monoisotopic (exact) mass is 409 g/mol. The number of pyridine rings is 1. The lowest BCUT2D eigenvalue weighted by Gasteiger charge is -2.28. The number of benzene rings is 2. The van der Waals surface area contributed by atoms with Gasteiger partial charge in [0.2, 0.25) is 0 Å². The van der Waals surface area contributed by atoms with Gasteiger partial charge in [-0.15, -0.1) is 0 Å². The van der Waals surface area contributed by atoms with Crippen molar-refractivity contribution in [3.05, 3.63) is 59.1 Å². The van der Waals surface area contributed by atoms with Gasteiger partial charge in [0, 0.05) is 29.2 Å². The molecule has 1 aliphatic heterocycles. The van der Waals surface area contributed by atoms with E-state index in [4.69, 9.17) is 21.3 Å². The van der Waals surface area contributed by atoms with Crippen LogP contribution in [0.15, 0.2) is 48.5 Å². The van der Waals surface area contributed by atoms with Crippen LogP contribution in [0.1, 0.15) is 24.8 Å². The van der Waals surface area contributed by atoms with E-state index in [1.165, 1.54) is 19.3 Å². The SMILES string of the molecule is Cc1cc(N2CCCCC2)nc2ccc(NC(=O)COc3ccc(Cl)cc3)cc12. The molecule has 5 nitrogen and oxygen atoms in total. The number of hydrogen-bond acceptors (Lipinski definition) is 4. The molecule has 1 N–H and O–H groups in total. The number of nitrogens with zero attached hydrogens (tertiary/aromatic N) is 2. The van der Waals surface area contributed by atoms with Crippen molar-refractivity contribution < 1.29 is 9.53 Å². The Bertz CT molecular complexity index is 1010. The van der Waals surface area contributed by atoms with E-state index in [9.17, 15) is 4.79 Å². The summed E-state index contributed by atoms with van der Waals surface area (Å²) in [6.07, 6.45) is 3.75. The standard InChI is InChI=1S/C23H24ClN3O2/c1-16-13-22(27-11-3-2-4-12-27)26-21-10-7-18(14-20(16)21)25-23(28)15-29-19-8-5-17(24)6-9-19/h5-10,13-14H,2-4,11-12,15H2,1H3,(H,25,28). The summed E-state index contributed by atoms with van der Waals surface area (Å²) in [6.45, 7) is 4.16. The van der Waals surface area contributed by atoms with Gasteiger partial charge in [0.05, 0.1) is 5.52 Å². The van der Waals surface area contributed by atoms with Crippen LogP contribution in [-0.2, 0) is 4.79 Å². The zero-order valence-electron chi connectivity index (χ0n) is 16.5. The summed E-state index contributed by atoms with van der Waals surface area (Å²) in [5, 5.41) is 4.57. The van der Waals surface area contributed by atoms with Gasteiger partial charge in [-0.25, -0.2) is 4.98 Å². The van der Waals surface area contributed by atoms with Gasteiger partial charge in [0.25, 0.3) is 5.91 Å². The number of fused-ring (bicyclic) bond motifs is 1. The van der Waals surface area contributed by atoms with Crippen LogP contribution >= 0.6 is 11.6 Å². The maximum absolute atomic E-state index is 12.2. The predicted octanol–water partition coefficient (Wildman–Crippen LogP) is 5.20. The van der Waals surface area contributed by atoms with Crippen LogP contribution in [0.4, 0.5) is 11.5 Å². The van der Waals surface area contributed by atoms with Crippen molar-refractivity contribution in [3.63, 3.8) is 0 Å². The molecule has 1 aliphatic rings. The van der Waals surface area contributed by atoms with Gasteiger partial charge in [-0.3, -0.25) is 4.79 Å². The van der Waals surface area contributed by atoms with E-state index in [1.54, 1.807) is 24.3 Å². The number of hydrogen-bond donors (Lipinski definition) is 1. The third-order valence-electron chi connectivity index (χ3n) is 5.15. The molecule has 0 aliphatic carbocycles. The Morgan fingerprint density at radius 2 is 1.86 bits per heavy atom. The zero-order valence-corrected chi connectivity index (χ0v) is 17.2. The van der Waals surface area contributed by atoms with Crippen LogP contribution in [0.2, 0.25) is 5.02 Å². The summed E-state index contributed by atoms with van der Waals surface area (Å²) in [6, 6.07) is 14.9. The third-order valence-corrected chi connectivity index (χ3v) is 5.40. The van der Waals surface area contributed by atoms with E-state index in [1.807, 2.05) is 18.2 Å². The molecule has 29 heavy (non-hydrogen) atoms. The van der Waals surface area contributed by atoms with Gasteiger partial charge in [0.15, 0.2) is 6.61 Å². The number of halogens is 1. The van der Waals surface area contributed by atoms with Crippen LogP contribution in [-0.4, -0.2) is 30.6 Å². The van der Waals surface area contributed by atoms with Gasteiger partial charge in [-0.2, -0.15) is 0 Å². The van der Waals surface area contributed by atoms with E-state index >= 15 is 0 Å². The zero-order chi connectivity index (χ0) is 20.2. The number of carbonyl (C=O) groups is 1. The Hall–Kier alpha value is -2.79. The second kappa shape index (κ2) is 8.70. The fraction of sp³-hybridized carbons (Fsp3) is 0.304. The molecule has 1 amide bonds. The van der Waals surface area contributed by atoms with Crippen molar-refractivity contribution in [2.24, 2.45) is 0 Å². The van der Waals surface area contributed by atoms with Crippen LogP contribution in [0.5, 0.6) is 5.75 Å². The molecular weight excluding hydrogens is 386 g/mol. The lowest BCUT2D eigenvalue weighted by molar-refractivity contribution is -0.118. The molecule has 0 unspecified atom stereocenters. The van der Waals surface area contributed by atoms with Crippen molar-refractivity contribution in [1.29, 1.82) is 0 Å². The number of rotatable bonds is 5. The number of amides is 1. The van der Waals surface area contributed by atoms with E-state index < -0.39 is 0 Å². The minimum atomic E-state index is -0.213. The van der Waals surface area contributed by atoms with Crippen molar-refractivity contribution in [1.82, 2.24) is 4.98 Å². The van der Waals surface area contributed by atoms with Crippen LogP contribution in [0.25, 0.3) is 10.9 Å².